The third-order valence-corrected chi connectivity index (χ3v) is 4.36. The van der Waals surface area contributed by atoms with Gasteiger partial charge in [-0.2, -0.15) is 0 Å². The van der Waals surface area contributed by atoms with Crippen molar-refractivity contribution >= 4 is 18.3 Å². The van der Waals surface area contributed by atoms with Crippen LogP contribution in [-0.2, 0) is 4.79 Å². The first kappa shape index (κ1) is 19.0. The Balaban J connectivity index is 0.00000242. The highest BCUT2D eigenvalue weighted by Gasteiger charge is 2.16. The summed E-state index contributed by atoms with van der Waals surface area (Å²) in [5.41, 5.74) is 2.51. The van der Waals surface area contributed by atoms with Crippen LogP contribution in [0.2, 0.25) is 0 Å². The minimum absolute atomic E-state index is 0. The molecule has 1 amide bonds. The molecule has 1 heterocycles. The van der Waals surface area contributed by atoms with Crippen molar-refractivity contribution in [2.75, 3.05) is 6.54 Å². The largest absolute Gasteiger partial charge is 0.350 e. The summed E-state index contributed by atoms with van der Waals surface area (Å²) in [7, 11) is 0. The molecule has 0 saturated carbocycles. The van der Waals surface area contributed by atoms with E-state index in [4.69, 9.17) is 0 Å². The summed E-state index contributed by atoms with van der Waals surface area (Å²) < 4.78 is 0. The van der Waals surface area contributed by atoms with Crippen LogP contribution < -0.4 is 10.6 Å². The lowest BCUT2D eigenvalue weighted by molar-refractivity contribution is -0.121. The van der Waals surface area contributed by atoms with E-state index < -0.39 is 0 Å². The van der Waals surface area contributed by atoms with Crippen LogP contribution in [0.25, 0.3) is 0 Å². The van der Waals surface area contributed by atoms with Crippen LogP contribution in [0.5, 0.6) is 0 Å². The first-order valence-electron chi connectivity index (χ1n) is 8.19. The molecule has 0 radical (unpaired) electrons. The molecule has 2 unspecified atom stereocenters. The van der Waals surface area contributed by atoms with Gasteiger partial charge in [-0.15, -0.1) is 12.4 Å². The number of amides is 1. The van der Waals surface area contributed by atoms with Crippen molar-refractivity contribution in [2.24, 2.45) is 0 Å². The minimum atomic E-state index is 0. The molecular weight excluding hydrogens is 296 g/mol. The summed E-state index contributed by atoms with van der Waals surface area (Å²) in [6, 6.07) is 9.18. The Morgan fingerprint density at radius 3 is 2.41 bits per heavy atom. The number of hydrogen-bond acceptors (Lipinski definition) is 2. The van der Waals surface area contributed by atoms with Gasteiger partial charge in [-0.3, -0.25) is 4.79 Å². The van der Waals surface area contributed by atoms with E-state index in [0.717, 1.165) is 13.0 Å². The Hall–Kier alpha value is -1.06. The SMILES string of the molecule is CC(C)c1ccc(C(C)NC(=O)CCC2CCCN2)cc1.Cl. The fourth-order valence-corrected chi connectivity index (χ4v) is 2.88. The molecule has 0 bridgehead atoms. The Labute approximate surface area is 140 Å². The van der Waals surface area contributed by atoms with E-state index in [9.17, 15) is 4.79 Å². The van der Waals surface area contributed by atoms with Crippen molar-refractivity contribution in [3.63, 3.8) is 0 Å². The summed E-state index contributed by atoms with van der Waals surface area (Å²) in [5.74, 6) is 0.701. The molecule has 22 heavy (non-hydrogen) atoms. The van der Waals surface area contributed by atoms with Crippen molar-refractivity contribution < 1.29 is 4.79 Å². The van der Waals surface area contributed by atoms with Gasteiger partial charge in [0.1, 0.15) is 0 Å². The van der Waals surface area contributed by atoms with Gasteiger partial charge in [0.25, 0.3) is 0 Å². The van der Waals surface area contributed by atoms with Crippen LogP contribution in [0.1, 0.15) is 69.5 Å². The molecule has 1 aliphatic heterocycles. The Kier molecular flexibility index (Phi) is 7.91. The van der Waals surface area contributed by atoms with Crippen molar-refractivity contribution in [3.05, 3.63) is 35.4 Å². The second kappa shape index (κ2) is 9.16. The quantitative estimate of drug-likeness (QED) is 0.832. The lowest BCUT2D eigenvalue weighted by atomic mass is 9.99. The van der Waals surface area contributed by atoms with Crippen LogP contribution in [0.15, 0.2) is 24.3 Å². The summed E-state index contributed by atoms with van der Waals surface area (Å²) in [4.78, 5) is 12.0. The van der Waals surface area contributed by atoms with Crippen LogP contribution in [-0.4, -0.2) is 18.5 Å². The third-order valence-electron chi connectivity index (χ3n) is 4.36. The molecule has 1 aromatic rings. The number of carbonyl (C=O) groups is 1. The van der Waals surface area contributed by atoms with Crippen molar-refractivity contribution in [2.45, 2.75) is 64.5 Å². The molecular formula is C18H29ClN2O. The third kappa shape index (κ3) is 5.62. The van der Waals surface area contributed by atoms with Crippen LogP contribution in [0.4, 0.5) is 0 Å². The Bertz CT molecular complexity index is 453. The summed E-state index contributed by atoms with van der Waals surface area (Å²) >= 11 is 0. The second-order valence-electron chi connectivity index (χ2n) is 6.44. The van der Waals surface area contributed by atoms with Gasteiger partial charge in [0, 0.05) is 12.5 Å². The normalized spacial score (nSPS) is 18.8. The fourth-order valence-electron chi connectivity index (χ4n) is 2.88. The summed E-state index contributed by atoms with van der Waals surface area (Å²) in [6.45, 7) is 7.54. The summed E-state index contributed by atoms with van der Waals surface area (Å²) in [5, 5.41) is 6.54. The topological polar surface area (TPSA) is 41.1 Å². The standard InChI is InChI=1S/C18H28N2O.ClH/c1-13(2)15-6-8-16(9-7-15)14(3)20-18(21)11-10-17-5-4-12-19-17;/h6-9,13-14,17,19H,4-5,10-12H2,1-3H3,(H,20,21);1H. The van der Waals surface area contributed by atoms with Crippen molar-refractivity contribution in [3.8, 4) is 0 Å². The number of benzene rings is 1. The van der Waals surface area contributed by atoms with E-state index in [0.29, 0.717) is 18.4 Å². The lowest BCUT2D eigenvalue weighted by Crippen LogP contribution is -2.29. The maximum atomic E-state index is 12.0. The Morgan fingerprint density at radius 2 is 1.86 bits per heavy atom. The second-order valence-corrected chi connectivity index (χ2v) is 6.44. The molecule has 1 aliphatic rings. The lowest BCUT2D eigenvalue weighted by Gasteiger charge is -2.16. The van der Waals surface area contributed by atoms with Crippen LogP contribution >= 0.6 is 12.4 Å². The highest BCUT2D eigenvalue weighted by molar-refractivity contribution is 5.85. The highest BCUT2D eigenvalue weighted by Crippen LogP contribution is 2.19. The van der Waals surface area contributed by atoms with E-state index in [2.05, 4.69) is 55.7 Å². The molecule has 2 N–H and O–H groups in total. The maximum Gasteiger partial charge on any atom is 0.220 e. The summed E-state index contributed by atoms with van der Waals surface area (Å²) in [6.07, 6.45) is 4.02. The molecule has 3 nitrogen and oxygen atoms in total. The maximum absolute atomic E-state index is 12.0. The van der Waals surface area contributed by atoms with E-state index in [1.807, 2.05) is 0 Å². The average molecular weight is 325 g/mol. The molecule has 2 atom stereocenters. The molecule has 0 spiro atoms. The average Bonchev–Trinajstić information content (AvgIpc) is 2.98. The molecule has 0 aliphatic carbocycles. The monoisotopic (exact) mass is 324 g/mol. The van der Waals surface area contributed by atoms with Crippen molar-refractivity contribution in [1.29, 1.82) is 0 Å². The van der Waals surface area contributed by atoms with Crippen molar-refractivity contribution in [1.82, 2.24) is 10.6 Å². The zero-order chi connectivity index (χ0) is 15.2. The first-order valence-corrected chi connectivity index (χ1v) is 8.19. The smallest absolute Gasteiger partial charge is 0.220 e. The molecule has 1 aromatic carbocycles. The van der Waals surface area contributed by atoms with Crippen LogP contribution in [0.3, 0.4) is 0 Å². The zero-order valence-electron chi connectivity index (χ0n) is 13.9. The predicted octanol–water partition coefficient (Wildman–Crippen LogP) is 3.94. The van der Waals surface area contributed by atoms with Gasteiger partial charge in [0.2, 0.25) is 5.91 Å². The van der Waals surface area contributed by atoms with Gasteiger partial charge in [0.05, 0.1) is 6.04 Å². The minimum Gasteiger partial charge on any atom is -0.350 e. The molecule has 4 heteroatoms. The number of nitrogens with one attached hydrogen (secondary N) is 2. The van der Waals surface area contributed by atoms with E-state index in [1.54, 1.807) is 0 Å². The molecule has 1 saturated heterocycles. The molecule has 1 fully saturated rings. The van der Waals surface area contributed by atoms with E-state index in [-0.39, 0.29) is 24.4 Å². The van der Waals surface area contributed by atoms with Gasteiger partial charge >= 0.3 is 0 Å². The number of halogens is 1. The molecule has 0 aromatic heterocycles. The Morgan fingerprint density at radius 1 is 1.23 bits per heavy atom. The van der Waals surface area contributed by atoms with Gasteiger partial charge < -0.3 is 10.6 Å². The molecule has 124 valence electrons. The van der Waals surface area contributed by atoms with E-state index >= 15 is 0 Å². The van der Waals surface area contributed by atoms with Gasteiger partial charge in [-0.25, -0.2) is 0 Å². The van der Waals surface area contributed by atoms with Gasteiger partial charge in [-0.1, -0.05) is 38.1 Å². The number of carbonyl (C=O) groups excluding carboxylic acids is 1. The van der Waals surface area contributed by atoms with E-state index in [1.165, 1.54) is 24.0 Å². The predicted molar refractivity (Wildman–Crippen MR) is 94.6 cm³/mol. The molecule has 2 rings (SSSR count). The van der Waals surface area contributed by atoms with Crippen LogP contribution in [0, 0.1) is 0 Å². The van der Waals surface area contributed by atoms with Gasteiger partial charge in [0.15, 0.2) is 0 Å². The first-order chi connectivity index (χ1) is 10.1. The highest BCUT2D eigenvalue weighted by atomic mass is 35.5. The fraction of sp³-hybridized carbons (Fsp3) is 0.611. The zero-order valence-corrected chi connectivity index (χ0v) is 14.7. The number of rotatable bonds is 6. The van der Waals surface area contributed by atoms with Gasteiger partial charge in [-0.05, 0) is 49.8 Å². The number of hydrogen-bond donors (Lipinski definition) is 2.